The number of nitrogen functional groups attached to an aromatic ring is 6. The van der Waals surface area contributed by atoms with Gasteiger partial charge in [-0.05, 0) is 250 Å². The third-order valence-electron chi connectivity index (χ3n) is 19.3. The van der Waals surface area contributed by atoms with Crippen LogP contribution in [0.25, 0.3) is 0 Å². The topological polar surface area (TPSA) is 469 Å². The van der Waals surface area contributed by atoms with Gasteiger partial charge in [-0.25, -0.2) is 38.6 Å². The number of hydrogen-bond donors (Lipinski definition) is 12. The molecule has 5 aliphatic rings. The molecule has 33 nitrogen and oxygen atoms in total. The van der Waals surface area contributed by atoms with Crippen molar-refractivity contribution in [1.29, 1.82) is 0 Å². The largest absolute Gasteiger partial charge is 0.462 e. The summed E-state index contributed by atoms with van der Waals surface area (Å²) in [5.74, 6) is -2.10. The predicted molar refractivity (Wildman–Crippen MR) is 474 cm³/mol. The normalized spacial score (nSPS) is 15.2. The highest BCUT2D eigenvalue weighted by molar-refractivity contribution is 6.33. The number of hydrogen-bond acceptors (Lipinski definition) is 32. The molecule has 0 aromatic heterocycles. The Morgan fingerprint density at radius 1 is 0.421 bits per heavy atom. The number of hydrazine groups is 1. The summed E-state index contributed by atoms with van der Waals surface area (Å²) in [6.07, 6.45) is 7.93. The molecule has 5 saturated heterocycles. The Balaban J connectivity index is 0.000000259. The van der Waals surface area contributed by atoms with E-state index in [2.05, 4.69) is 60.8 Å². The number of rotatable bonds is 23. The highest BCUT2D eigenvalue weighted by Crippen LogP contribution is 2.30. The molecule has 0 unspecified atom stereocenters. The third-order valence-corrected chi connectivity index (χ3v) is 19.6. The minimum absolute atomic E-state index is 0.212. The average molecular weight is 1700 g/mol. The lowest BCUT2D eigenvalue weighted by Crippen LogP contribution is -2.47. The van der Waals surface area contributed by atoms with Crippen LogP contribution in [0.4, 0.5) is 67.4 Å². The van der Waals surface area contributed by atoms with Gasteiger partial charge in [-0.3, -0.25) is 0 Å². The van der Waals surface area contributed by atoms with E-state index in [9.17, 15) is 33.6 Å². The van der Waals surface area contributed by atoms with Crippen LogP contribution >= 0.6 is 11.6 Å². The summed E-state index contributed by atoms with van der Waals surface area (Å²) in [6, 6.07) is 32.2. The predicted octanol–water partition coefficient (Wildman–Crippen LogP) is 11.8. The number of piperidine rings is 3. The number of nitrogens with one attached hydrogen (secondary N) is 6. The number of likely N-dealkylation sites (N-methyl/N-ethyl adjacent to an activating group) is 1. The van der Waals surface area contributed by atoms with E-state index < -0.39 is 5.60 Å². The molecule has 0 saturated carbocycles. The molecule has 18 N–H and O–H groups in total. The van der Waals surface area contributed by atoms with Gasteiger partial charge in [0.15, 0.2) is 0 Å². The van der Waals surface area contributed by atoms with Gasteiger partial charge in [0.25, 0.3) is 0 Å². The average Bonchev–Trinajstić information content (AvgIpc) is 0.819. The van der Waals surface area contributed by atoms with Gasteiger partial charge in [0.2, 0.25) is 0 Å². The number of nitrogens with zero attached hydrogens (tertiary/aromatic N) is 4. The van der Waals surface area contributed by atoms with Gasteiger partial charge in [0.1, 0.15) is 5.60 Å². The molecule has 5 fully saturated rings. The Morgan fingerprint density at radius 3 is 1.01 bits per heavy atom. The molecule has 0 radical (unpaired) electrons. The summed E-state index contributed by atoms with van der Waals surface area (Å²) < 4.78 is 40.3. The first kappa shape index (κ1) is 100. The molecule has 664 valence electrons. The summed E-state index contributed by atoms with van der Waals surface area (Å²) in [5.41, 5.74) is 48.6. The molecule has 0 aliphatic carbocycles. The molecule has 11 rings (SSSR count). The van der Waals surface area contributed by atoms with Gasteiger partial charge in [0.05, 0.1) is 141 Å². The van der Waals surface area contributed by atoms with Crippen molar-refractivity contribution in [3.63, 3.8) is 0 Å². The highest BCUT2D eigenvalue weighted by atomic mass is 35.5. The third kappa shape index (κ3) is 35.9. The van der Waals surface area contributed by atoms with Crippen molar-refractivity contribution >= 4 is 122 Å². The minimum atomic E-state index is -0.485. The summed E-state index contributed by atoms with van der Waals surface area (Å²) >= 11 is 5.69. The van der Waals surface area contributed by atoms with E-state index in [0.717, 1.165) is 152 Å². The van der Waals surface area contributed by atoms with Crippen LogP contribution in [0.2, 0.25) is 5.02 Å². The lowest BCUT2D eigenvalue weighted by Gasteiger charge is -2.34. The smallest absolute Gasteiger partial charge is 0.410 e. The summed E-state index contributed by atoms with van der Waals surface area (Å²) in [4.78, 5) is 104. The molecule has 6 aromatic rings. The zero-order valence-corrected chi connectivity index (χ0v) is 72.6. The quantitative estimate of drug-likeness (QED) is 0.0161. The van der Waals surface area contributed by atoms with Gasteiger partial charge in [-0.1, -0.05) is 18.5 Å². The standard InChI is InChI=1S/C19H29N3O4.C16H25N3O2.C14H22N4O2.C14H21N3O2.C14H20N2O3.C9H10ClNO2.CO2/c1-5-25-17(23)13-6-7-16(15(20)12-13)21-14-8-10-22(11-9-14)18(24)26-19(2,3)4;1-3-19-9-7-13(8-10-19)18-15-6-5-12(11-14(15)17)16(20)21-4-2;1-3-20-14(19)11-4-5-13(12(15)10-11)16-18-8-6-17(2)7-9-18;1-2-19-14(18)10-3-4-13(12(15)9-10)17-11-5-7-16-8-6-11;1-2-19-14(17)10-3-4-13(12(15)9-10)16-11-5-7-18-8-6-11;1-2-13-9(12)6-3-4-7(10)8(11)5-6;2-1-3/h6-7,12,14,21H,5,8-11,20H2,1-4H3;5-6,11,13,18H,3-4,7-10,17H2,1-2H3;4-5,10,16H,3,6-9,15H2,1-2H3;3-4,9,11,16-17H,2,5-8,15H2,1H3;3-4,9,11,16H,2,5-8,15H2,1H3;3-5H,2,11H2,1H3;. The molecular weight excluding hydrogens is 1580 g/mol. The van der Waals surface area contributed by atoms with Crippen molar-refractivity contribution in [1.82, 2.24) is 25.0 Å². The van der Waals surface area contributed by atoms with Crippen LogP contribution in [0, 0.1) is 0 Å². The Hall–Kier alpha value is -11.3. The highest BCUT2D eigenvalue weighted by Gasteiger charge is 2.28. The van der Waals surface area contributed by atoms with E-state index in [0.29, 0.717) is 143 Å². The molecule has 5 heterocycles. The molecule has 6 aromatic carbocycles. The maximum atomic E-state index is 12.1. The first-order valence-electron chi connectivity index (χ1n) is 41.2. The number of carbonyl (C=O) groups is 7. The van der Waals surface area contributed by atoms with Crippen LogP contribution < -0.4 is 66.4 Å². The first-order chi connectivity index (χ1) is 57.9. The van der Waals surface area contributed by atoms with E-state index in [1.54, 1.807) is 125 Å². The van der Waals surface area contributed by atoms with Crippen molar-refractivity contribution in [3.05, 3.63) is 148 Å². The SMILES string of the molecule is CCOC(=O)c1ccc(Cl)c(N)c1.CCOC(=O)c1ccc(NC2CCN(C(=O)OC(C)(C)C)CC2)c(N)c1.CCOC(=O)c1ccc(NC2CCN(CC)CC2)c(N)c1.CCOC(=O)c1ccc(NC2CCNCC2)c(N)c1.CCOC(=O)c1ccc(NC2CCOCC2)c(N)c1.CCOC(=O)c1ccc(NN2CCN(C)CC2)c(N)c1.O=C=O. The number of anilines is 11. The van der Waals surface area contributed by atoms with E-state index in [1.807, 2.05) is 45.0 Å². The number of benzene rings is 6. The molecule has 34 heteroatoms. The second-order valence-electron chi connectivity index (χ2n) is 29.5. The lowest BCUT2D eigenvalue weighted by molar-refractivity contribution is -0.191. The van der Waals surface area contributed by atoms with E-state index in [1.165, 1.54) is 6.07 Å². The minimum Gasteiger partial charge on any atom is -0.462 e. The van der Waals surface area contributed by atoms with Crippen molar-refractivity contribution in [2.45, 2.75) is 150 Å². The van der Waals surface area contributed by atoms with Gasteiger partial charge in [0, 0.05) is 89.7 Å². The van der Waals surface area contributed by atoms with Crippen LogP contribution in [0.15, 0.2) is 109 Å². The molecule has 121 heavy (non-hydrogen) atoms. The van der Waals surface area contributed by atoms with Crippen molar-refractivity contribution in [2.75, 3.05) is 193 Å². The van der Waals surface area contributed by atoms with Crippen LogP contribution in [-0.4, -0.2) is 229 Å². The van der Waals surface area contributed by atoms with Crippen molar-refractivity contribution < 1.29 is 81.0 Å². The fourth-order valence-electron chi connectivity index (χ4n) is 12.7. The van der Waals surface area contributed by atoms with Crippen LogP contribution in [0.5, 0.6) is 0 Å². The maximum Gasteiger partial charge on any atom is 0.410 e. The van der Waals surface area contributed by atoms with Gasteiger partial charge < -0.3 is 119 Å². The number of ether oxygens (including phenoxy) is 8. The molecule has 1 amide bonds. The van der Waals surface area contributed by atoms with E-state index in [4.69, 9.17) is 93.5 Å². The monoisotopic (exact) mass is 1700 g/mol. The molecule has 5 aliphatic heterocycles. The van der Waals surface area contributed by atoms with Crippen LogP contribution in [0.3, 0.4) is 0 Å². The fraction of sp³-hybridized carbons (Fsp3) is 0.494. The lowest BCUT2D eigenvalue weighted by atomic mass is 10.0. The zero-order valence-electron chi connectivity index (χ0n) is 71.9. The second kappa shape index (κ2) is 53.4. The molecule has 0 spiro atoms. The Labute approximate surface area is 715 Å². The van der Waals surface area contributed by atoms with Gasteiger partial charge in [-0.2, -0.15) is 9.59 Å². The number of carbonyl (C=O) groups excluding carboxylic acids is 9. The van der Waals surface area contributed by atoms with E-state index >= 15 is 0 Å². The Morgan fingerprint density at radius 2 is 0.711 bits per heavy atom. The summed E-state index contributed by atoms with van der Waals surface area (Å²) in [7, 11) is 2.11. The van der Waals surface area contributed by atoms with Crippen LogP contribution in [0.1, 0.15) is 183 Å². The Kier molecular flexibility index (Phi) is 44.2. The number of piperazine rings is 1. The molecule has 0 atom stereocenters. The molecule has 0 bridgehead atoms. The Bertz CT molecular complexity index is 4180. The number of nitrogens with two attached hydrogens (primary N) is 6. The molecular formula is C87H127ClN16O17. The number of esters is 6. The van der Waals surface area contributed by atoms with Crippen molar-refractivity contribution in [2.24, 2.45) is 0 Å². The summed E-state index contributed by atoms with van der Waals surface area (Å²) in [5, 5.41) is 19.6. The number of halogens is 1. The van der Waals surface area contributed by atoms with E-state index in [-0.39, 0.29) is 54.1 Å². The second-order valence-corrected chi connectivity index (χ2v) is 29.9. The first-order valence-corrected chi connectivity index (χ1v) is 41.6. The fourth-order valence-corrected chi connectivity index (χ4v) is 12.9. The van der Waals surface area contributed by atoms with Crippen molar-refractivity contribution in [3.8, 4) is 0 Å². The number of likely N-dealkylation sites (tertiary alicyclic amines) is 2. The summed E-state index contributed by atoms with van der Waals surface area (Å²) in [6.45, 7) is 32.7. The van der Waals surface area contributed by atoms with Gasteiger partial charge >= 0.3 is 48.1 Å². The van der Waals surface area contributed by atoms with Gasteiger partial charge in [-0.15, -0.1) is 0 Å². The zero-order chi connectivity index (χ0) is 89.0. The maximum absolute atomic E-state index is 12.1. The number of amides is 1. The van der Waals surface area contributed by atoms with Crippen LogP contribution in [-0.2, 0) is 47.5 Å².